The van der Waals surface area contributed by atoms with Crippen LogP contribution < -0.4 is 4.90 Å². The van der Waals surface area contributed by atoms with Crippen molar-refractivity contribution in [2.45, 2.75) is 54.4 Å². The summed E-state index contributed by atoms with van der Waals surface area (Å²) in [7, 11) is 2.17. The Kier molecular flexibility index (Phi) is 8.19. The number of hydrogen-bond acceptors (Lipinski definition) is 1. The maximum atomic E-state index is 2.33. The molecular weight excluding hydrogens is 218 g/mol. The van der Waals surface area contributed by atoms with Crippen molar-refractivity contribution in [3.8, 4) is 0 Å². The summed E-state index contributed by atoms with van der Waals surface area (Å²) >= 11 is 0. The predicted molar refractivity (Wildman–Crippen MR) is 84.2 cm³/mol. The van der Waals surface area contributed by atoms with Crippen LogP contribution in [-0.4, -0.2) is 7.05 Å². The molecular formula is C17H29N. The maximum absolute atomic E-state index is 2.33. The number of allylic oxidation sites excluding steroid dienone is 2. The lowest BCUT2D eigenvalue weighted by Gasteiger charge is -2.26. The zero-order valence-electron chi connectivity index (χ0n) is 13.2. The van der Waals surface area contributed by atoms with Crippen molar-refractivity contribution >= 4 is 5.69 Å². The summed E-state index contributed by atoms with van der Waals surface area (Å²) in [5, 5.41) is 0. The Morgan fingerprint density at radius 3 is 2.11 bits per heavy atom. The molecule has 102 valence electrons. The highest BCUT2D eigenvalue weighted by Gasteiger charge is 2.09. The third-order valence-electron chi connectivity index (χ3n) is 2.95. The quantitative estimate of drug-likeness (QED) is 0.674. The van der Waals surface area contributed by atoms with Crippen LogP contribution in [0.4, 0.5) is 5.69 Å². The number of benzene rings is 1. The Bertz CT molecular complexity index is 373. The van der Waals surface area contributed by atoms with E-state index >= 15 is 0 Å². The number of anilines is 1. The van der Waals surface area contributed by atoms with Gasteiger partial charge in [-0.1, -0.05) is 51.0 Å². The fourth-order valence-corrected chi connectivity index (χ4v) is 2.08. The van der Waals surface area contributed by atoms with E-state index in [0.717, 1.165) is 6.42 Å². The van der Waals surface area contributed by atoms with Crippen LogP contribution in [0.15, 0.2) is 35.5 Å². The molecule has 0 radical (unpaired) electrons. The van der Waals surface area contributed by atoms with Crippen LogP contribution in [0.25, 0.3) is 0 Å². The topological polar surface area (TPSA) is 3.24 Å². The first-order chi connectivity index (χ1) is 8.57. The van der Waals surface area contributed by atoms with Gasteiger partial charge in [-0.05, 0) is 38.8 Å². The molecule has 0 amide bonds. The van der Waals surface area contributed by atoms with Gasteiger partial charge in [-0.3, -0.25) is 0 Å². The molecule has 0 N–H and O–H groups in total. The molecule has 0 heterocycles. The molecule has 1 aromatic rings. The Labute approximate surface area is 114 Å². The van der Waals surface area contributed by atoms with Crippen molar-refractivity contribution in [3.63, 3.8) is 0 Å². The minimum Gasteiger partial charge on any atom is -0.348 e. The minimum atomic E-state index is 1.15. The number of nitrogens with zero attached hydrogens (tertiary/aromatic N) is 1. The molecule has 0 atom stereocenters. The van der Waals surface area contributed by atoms with Crippen molar-refractivity contribution in [1.82, 2.24) is 0 Å². The maximum Gasteiger partial charge on any atom is 0.0435 e. The Morgan fingerprint density at radius 2 is 1.67 bits per heavy atom. The first kappa shape index (κ1) is 16.8. The molecule has 0 unspecified atom stereocenters. The molecule has 1 aromatic carbocycles. The van der Waals surface area contributed by atoms with Crippen LogP contribution in [0.3, 0.4) is 0 Å². The van der Waals surface area contributed by atoms with E-state index in [2.05, 4.69) is 63.9 Å². The highest BCUT2D eigenvalue weighted by molar-refractivity contribution is 5.57. The van der Waals surface area contributed by atoms with E-state index in [1.165, 1.54) is 28.9 Å². The van der Waals surface area contributed by atoms with Gasteiger partial charge in [0.25, 0.3) is 0 Å². The van der Waals surface area contributed by atoms with Gasteiger partial charge in [-0.2, -0.15) is 0 Å². The molecule has 0 saturated heterocycles. The number of rotatable bonds is 4. The van der Waals surface area contributed by atoms with Gasteiger partial charge >= 0.3 is 0 Å². The molecule has 0 aromatic heterocycles. The second kappa shape index (κ2) is 8.79. The molecule has 1 heteroatoms. The largest absolute Gasteiger partial charge is 0.348 e. The van der Waals surface area contributed by atoms with E-state index < -0.39 is 0 Å². The fourth-order valence-electron chi connectivity index (χ4n) is 2.08. The van der Waals surface area contributed by atoms with Gasteiger partial charge in [-0.25, -0.2) is 0 Å². The average molecular weight is 247 g/mol. The summed E-state index contributed by atoms with van der Waals surface area (Å²) in [4.78, 5) is 2.33. The number of hydrogen-bond donors (Lipinski definition) is 0. The van der Waals surface area contributed by atoms with Crippen LogP contribution in [-0.2, 0) is 0 Å². The molecule has 0 aliphatic heterocycles. The molecule has 0 aliphatic carbocycles. The third kappa shape index (κ3) is 4.56. The monoisotopic (exact) mass is 247 g/mol. The summed E-state index contributed by atoms with van der Waals surface area (Å²) < 4.78 is 0. The van der Waals surface area contributed by atoms with E-state index in [1.807, 2.05) is 13.8 Å². The lowest BCUT2D eigenvalue weighted by Crippen LogP contribution is -2.18. The summed E-state index contributed by atoms with van der Waals surface area (Å²) in [6.45, 7) is 12.8. The normalized spacial score (nSPS) is 9.28. The van der Waals surface area contributed by atoms with Gasteiger partial charge in [-0.15, -0.1) is 0 Å². The van der Waals surface area contributed by atoms with Gasteiger partial charge in [0.15, 0.2) is 0 Å². The van der Waals surface area contributed by atoms with E-state index in [-0.39, 0.29) is 0 Å². The van der Waals surface area contributed by atoms with Crippen LogP contribution in [0.1, 0.15) is 53.0 Å². The van der Waals surface area contributed by atoms with Crippen LogP contribution in [0, 0.1) is 6.92 Å². The smallest absolute Gasteiger partial charge is 0.0435 e. The number of aryl methyl sites for hydroxylation is 1. The molecule has 1 rings (SSSR count). The second-order valence-corrected chi connectivity index (χ2v) is 4.54. The summed E-state index contributed by atoms with van der Waals surface area (Å²) in [5.74, 6) is 0. The zero-order valence-corrected chi connectivity index (χ0v) is 13.2. The molecule has 0 aliphatic rings. The SMILES string of the molecule is CC.CCCC(=C(C)C)N(C)c1ccccc1C. The zero-order chi connectivity index (χ0) is 14.1. The molecule has 18 heavy (non-hydrogen) atoms. The molecule has 0 saturated carbocycles. The standard InChI is InChI=1S/C15H23N.C2H6/c1-6-9-14(12(2)3)16(5)15-11-8-7-10-13(15)4;1-2/h7-8,10-11H,6,9H2,1-5H3;1-2H3. The van der Waals surface area contributed by atoms with E-state index in [9.17, 15) is 0 Å². The van der Waals surface area contributed by atoms with Crippen LogP contribution in [0.2, 0.25) is 0 Å². The van der Waals surface area contributed by atoms with Gasteiger partial charge in [0, 0.05) is 18.4 Å². The first-order valence-electron chi connectivity index (χ1n) is 7.03. The first-order valence-corrected chi connectivity index (χ1v) is 7.03. The Balaban J connectivity index is 0.00000137. The van der Waals surface area contributed by atoms with Crippen molar-refractivity contribution in [2.24, 2.45) is 0 Å². The van der Waals surface area contributed by atoms with E-state index in [4.69, 9.17) is 0 Å². The van der Waals surface area contributed by atoms with Crippen LogP contribution in [0.5, 0.6) is 0 Å². The number of para-hydroxylation sites is 1. The van der Waals surface area contributed by atoms with Gasteiger partial charge in [0.2, 0.25) is 0 Å². The van der Waals surface area contributed by atoms with Crippen molar-refractivity contribution in [3.05, 3.63) is 41.1 Å². The van der Waals surface area contributed by atoms with Crippen molar-refractivity contribution in [2.75, 3.05) is 11.9 Å². The third-order valence-corrected chi connectivity index (χ3v) is 2.95. The van der Waals surface area contributed by atoms with Crippen molar-refractivity contribution < 1.29 is 0 Å². The predicted octanol–water partition coefficient (Wildman–Crippen LogP) is 5.55. The lowest BCUT2D eigenvalue weighted by molar-refractivity contribution is 0.842. The molecule has 1 nitrogen and oxygen atoms in total. The van der Waals surface area contributed by atoms with Crippen LogP contribution >= 0.6 is 0 Å². The second-order valence-electron chi connectivity index (χ2n) is 4.54. The fraction of sp³-hybridized carbons (Fsp3) is 0.529. The molecule has 0 bridgehead atoms. The summed E-state index contributed by atoms with van der Waals surface area (Å²) in [6, 6.07) is 8.55. The Morgan fingerprint density at radius 1 is 1.11 bits per heavy atom. The average Bonchev–Trinajstić information content (AvgIpc) is 2.38. The molecule has 0 fully saturated rings. The van der Waals surface area contributed by atoms with Crippen molar-refractivity contribution in [1.29, 1.82) is 0 Å². The van der Waals surface area contributed by atoms with Gasteiger partial charge < -0.3 is 4.90 Å². The van der Waals surface area contributed by atoms with Gasteiger partial charge in [0.1, 0.15) is 0 Å². The van der Waals surface area contributed by atoms with E-state index in [0.29, 0.717) is 0 Å². The highest BCUT2D eigenvalue weighted by atomic mass is 15.1. The molecule has 0 spiro atoms. The highest BCUT2D eigenvalue weighted by Crippen LogP contribution is 2.25. The van der Waals surface area contributed by atoms with Gasteiger partial charge in [0.05, 0.1) is 0 Å². The summed E-state index contributed by atoms with van der Waals surface area (Å²) in [6.07, 6.45) is 2.34. The van der Waals surface area contributed by atoms with E-state index in [1.54, 1.807) is 0 Å². The summed E-state index contributed by atoms with van der Waals surface area (Å²) in [5.41, 5.74) is 5.50. The Hall–Kier alpha value is -1.24. The lowest BCUT2D eigenvalue weighted by atomic mass is 10.1. The minimum absolute atomic E-state index is 1.15.